The number of likely N-dealkylation sites (N-methyl/N-ethyl adjacent to an activating group) is 1. The van der Waals surface area contributed by atoms with E-state index in [4.69, 9.17) is 4.98 Å². The van der Waals surface area contributed by atoms with Crippen LogP contribution in [0.15, 0.2) is 76.0 Å². The summed E-state index contributed by atoms with van der Waals surface area (Å²) in [6.07, 6.45) is 1.72. The Morgan fingerprint density at radius 2 is 1.77 bits per heavy atom. The maximum Gasteiger partial charge on any atom is 0.266 e. The molecule has 0 fully saturated rings. The van der Waals surface area contributed by atoms with Crippen molar-refractivity contribution in [3.63, 3.8) is 0 Å². The van der Waals surface area contributed by atoms with E-state index in [1.807, 2.05) is 67.6 Å². The molecule has 0 atom stereocenters. The van der Waals surface area contributed by atoms with Crippen molar-refractivity contribution in [1.29, 1.82) is 0 Å². The summed E-state index contributed by atoms with van der Waals surface area (Å²) in [6.45, 7) is 1.98. The monoisotopic (exact) mass is 471 g/mol. The minimum atomic E-state index is -0.170. The molecule has 1 aliphatic heterocycles. The van der Waals surface area contributed by atoms with Gasteiger partial charge in [-0.3, -0.25) is 14.2 Å². The second-order valence-corrected chi connectivity index (χ2v) is 8.47. The van der Waals surface area contributed by atoms with Gasteiger partial charge in [-0.05, 0) is 61.0 Å². The quantitative estimate of drug-likeness (QED) is 0.387. The first-order valence-corrected chi connectivity index (χ1v) is 10.6. The molecule has 0 N–H and O–H groups in total. The number of anilines is 1. The second-order valence-electron chi connectivity index (χ2n) is 7.55. The first kappa shape index (κ1) is 19.5. The molecule has 4 aromatic rings. The molecule has 0 unspecified atom stereocenters. The van der Waals surface area contributed by atoms with Crippen molar-refractivity contribution < 1.29 is 4.79 Å². The summed E-state index contributed by atoms with van der Waals surface area (Å²) in [7, 11) is 1.75. The molecule has 6 heteroatoms. The van der Waals surface area contributed by atoms with Gasteiger partial charge in [-0.25, -0.2) is 4.98 Å². The van der Waals surface area contributed by atoms with Crippen LogP contribution in [0.25, 0.3) is 28.2 Å². The van der Waals surface area contributed by atoms with Crippen LogP contribution in [0, 0.1) is 6.92 Å². The highest BCUT2D eigenvalue weighted by atomic mass is 79.9. The van der Waals surface area contributed by atoms with E-state index in [-0.39, 0.29) is 11.5 Å². The number of halogens is 1. The number of hydrogen-bond donors (Lipinski definition) is 0. The maximum absolute atomic E-state index is 13.5. The largest absolute Gasteiger partial charge is 0.311 e. The Labute approximate surface area is 187 Å². The molecular weight excluding hydrogens is 454 g/mol. The summed E-state index contributed by atoms with van der Waals surface area (Å²) in [5.74, 6) is 0.283. The van der Waals surface area contributed by atoms with Crippen LogP contribution in [-0.4, -0.2) is 22.5 Å². The smallest absolute Gasteiger partial charge is 0.266 e. The molecule has 1 amide bonds. The fourth-order valence-corrected chi connectivity index (χ4v) is 4.31. The highest BCUT2D eigenvalue weighted by Gasteiger charge is 2.30. The van der Waals surface area contributed by atoms with Crippen molar-refractivity contribution in [3.05, 3.63) is 98.5 Å². The van der Waals surface area contributed by atoms with Gasteiger partial charge in [0.15, 0.2) is 0 Å². The van der Waals surface area contributed by atoms with Crippen LogP contribution in [-0.2, 0) is 4.79 Å². The summed E-state index contributed by atoms with van der Waals surface area (Å²) in [5, 5.41) is 0.532. The molecule has 1 aromatic heterocycles. The number of carbonyl (C=O) groups excluding carboxylic acids is 1. The summed E-state index contributed by atoms with van der Waals surface area (Å²) in [6, 6.07) is 20.7. The van der Waals surface area contributed by atoms with Crippen molar-refractivity contribution in [2.75, 3.05) is 11.9 Å². The second kappa shape index (κ2) is 7.32. The van der Waals surface area contributed by atoms with Crippen LogP contribution in [0.4, 0.5) is 5.69 Å². The predicted molar refractivity (Wildman–Crippen MR) is 128 cm³/mol. The van der Waals surface area contributed by atoms with Crippen molar-refractivity contribution in [3.8, 4) is 5.69 Å². The van der Waals surface area contributed by atoms with Crippen LogP contribution in [0.5, 0.6) is 0 Å². The van der Waals surface area contributed by atoms with Gasteiger partial charge >= 0.3 is 0 Å². The molecule has 0 saturated heterocycles. The average Bonchev–Trinajstić information content (AvgIpc) is 2.98. The van der Waals surface area contributed by atoms with Gasteiger partial charge in [0, 0.05) is 17.1 Å². The summed E-state index contributed by atoms with van der Waals surface area (Å²) >= 11 is 3.49. The molecule has 0 saturated carbocycles. The van der Waals surface area contributed by atoms with Crippen LogP contribution in [0.3, 0.4) is 0 Å². The van der Waals surface area contributed by atoms with E-state index in [2.05, 4.69) is 15.9 Å². The number of rotatable bonds is 2. The third-order valence-electron chi connectivity index (χ3n) is 5.48. The lowest BCUT2D eigenvalue weighted by atomic mass is 10.1. The fourth-order valence-electron chi connectivity index (χ4n) is 3.95. The first-order valence-electron chi connectivity index (χ1n) is 9.82. The fraction of sp³-hybridized carbons (Fsp3) is 0.0800. The van der Waals surface area contributed by atoms with Gasteiger partial charge in [-0.2, -0.15) is 0 Å². The Morgan fingerprint density at radius 1 is 0.968 bits per heavy atom. The molecule has 31 heavy (non-hydrogen) atoms. The third-order valence-corrected chi connectivity index (χ3v) is 5.97. The van der Waals surface area contributed by atoms with E-state index in [9.17, 15) is 9.59 Å². The minimum Gasteiger partial charge on any atom is -0.311 e. The summed E-state index contributed by atoms with van der Waals surface area (Å²) in [4.78, 5) is 32.9. The number of benzene rings is 3. The third kappa shape index (κ3) is 3.20. The SMILES string of the molecule is Cc1cccc(-n2c(C=C3C(=O)N(C)c4ccc(Br)cc43)nc3ccccc3c2=O)c1. The molecule has 5 rings (SSSR count). The van der Waals surface area contributed by atoms with E-state index in [1.165, 1.54) is 0 Å². The van der Waals surface area contributed by atoms with Crippen LogP contribution in [0.1, 0.15) is 17.0 Å². The zero-order chi connectivity index (χ0) is 21.7. The van der Waals surface area contributed by atoms with Crippen molar-refractivity contribution >= 4 is 50.1 Å². The average molecular weight is 472 g/mol. The molecule has 3 aromatic carbocycles. The van der Waals surface area contributed by atoms with Gasteiger partial charge in [-0.15, -0.1) is 0 Å². The number of hydrogen-bond acceptors (Lipinski definition) is 3. The highest BCUT2D eigenvalue weighted by molar-refractivity contribution is 9.10. The number of aryl methyl sites for hydroxylation is 1. The molecule has 0 radical (unpaired) electrons. The molecule has 0 aliphatic carbocycles. The predicted octanol–water partition coefficient (Wildman–Crippen LogP) is 4.97. The van der Waals surface area contributed by atoms with Gasteiger partial charge in [0.2, 0.25) is 0 Å². The number of amides is 1. The molecule has 2 heterocycles. The minimum absolute atomic E-state index is 0.133. The Balaban J connectivity index is 1.84. The number of fused-ring (bicyclic) bond motifs is 2. The summed E-state index contributed by atoms with van der Waals surface area (Å²) in [5.41, 5.74) is 4.30. The molecule has 5 nitrogen and oxygen atoms in total. The van der Waals surface area contributed by atoms with E-state index in [0.717, 1.165) is 21.3 Å². The van der Waals surface area contributed by atoms with Gasteiger partial charge < -0.3 is 4.90 Å². The van der Waals surface area contributed by atoms with Gasteiger partial charge in [0.05, 0.1) is 27.9 Å². The van der Waals surface area contributed by atoms with Gasteiger partial charge in [0.25, 0.3) is 11.5 Å². The number of para-hydroxylation sites is 1. The zero-order valence-corrected chi connectivity index (χ0v) is 18.6. The molecular formula is C25H18BrN3O2. The Hall–Kier alpha value is -3.51. The topological polar surface area (TPSA) is 55.2 Å². The van der Waals surface area contributed by atoms with Crippen molar-refractivity contribution in [1.82, 2.24) is 9.55 Å². The Bertz CT molecular complexity index is 1470. The highest BCUT2D eigenvalue weighted by Crippen LogP contribution is 2.38. The van der Waals surface area contributed by atoms with Crippen LogP contribution < -0.4 is 10.5 Å². The number of carbonyl (C=O) groups is 1. The maximum atomic E-state index is 13.5. The molecule has 0 bridgehead atoms. The van der Waals surface area contributed by atoms with E-state index >= 15 is 0 Å². The first-order chi connectivity index (χ1) is 14.9. The lowest BCUT2D eigenvalue weighted by molar-refractivity contribution is -0.112. The normalized spacial score (nSPS) is 14.5. The van der Waals surface area contributed by atoms with Gasteiger partial charge in [-0.1, -0.05) is 40.2 Å². The number of aromatic nitrogens is 2. The van der Waals surface area contributed by atoms with Gasteiger partial charge in [0.1, 0.15) is 5.82 Å². The lowest BCUT2D eigenvalue weighted by Gasteiger charge is -2.13. The van der Waals surface area contributed by atoms with E-state index < -0.39 is 0 Å². The van der Waals surface area contributed by atoms with E-state index in [1.54, 1.807) is 28.7 Å². The van der Waals surface area contributed by atoms with Crippen molar-refractivity contribution in [2.45, 2.75) is 6.92 Å². The lowest BCUT2D eigenvalue weighted by Crippen LogP contribution is -2.23. The standard InChI is InChI=1S/C25H18BrN3O2/c1-15-6-5-7-17(12-15)29-23(27-21-9-4-3-8-18(21)25(29)31)14-20-19-13-16(26)10-11-22(19)28(2)24(20)30/h3-14H,1-2H3. The summed E-state index contributed by atoms with van der Waals surface area (Å²) < 4.78 is 2.45. The zero-order valence-electron chi connectivity index (χ0n) is 17.0. The Morgan fingerprint density at radius 3 is 2.58 bits per heavy atom. The molecule has 0 spiro atoms. The van der Waals surface area contributed by atoms with Crippen LogP contribution >= 0.6 is 15.9 Å². The van der Waals surface area contributed by atoms with Crippen molar-refractivity contribution in [2.24, 2.45) is 0 Å². The Kier molecular flexibility index (Phi) is 4.59. The molecule has 152 valence electrons. The van der Waals surface area contributed by atoms with E-state index in [0.29, 0.717) is 28.0 Å². The molecule has 1 aliphatic rings. The van der Waals surface area contributed by atoms with Crippen LogP contribution in [0.2, 0.25) is 0 Å². The number of nitrogens with zero attached hydrogens (tertiary/aromatic N) is 3.